The maximum absolute atomic E-state index is 10.8. The second-order valence-electron chi connectivity index (χ2n) is 8.08. The molecule has 8 unspecified atom stereocenters. The highest BCUT2D eigenvalue weighted by Gasteiger charge is 2.67. The van der Waals surface area contributed by atoms with Gasteiger partial charge in [-0.2, -0.15) is 0 Å². The van der Waals surface area contributed by atoms with Gasteiger partial charge >= 0.3 is 0 Å². The number of rotatable bonds is 2. The lowest BCUT2D eigenvalue weighted by Crippen LogP contribution is -2.32. The molecule has 102 valence electrons. The first-order valence-electron chi connectivity index (χ1n) is 8.35. The number of hydrogen-bond donors (Lipinski definition) is 1. The predicted octanol–water partition coefficient (Wildman–Crippen LogP) is 3.71. The molecule has 0 radical (unpaired) electrons. The first-order valence-corrected chi connectivity index (χ1v) is 8.35. The topological polar surface area (TPSA) is 20.2 Å². The Bertz CT molecular complexity index is 323. The molecular formula is C17H28O. The number of fused-ring (bicyclic) bond motifs is 5. The van der Waals surface area contributed by atoms with E-state index in [1.807, 2.05) is 0 Å². The summed E-state index contributed by atoms with van der Waals surface area (Å²) in [5, 5.41) is 10.8. The van der Waals surface area contributed by atoms with Gasteiger partial charge in [0.05, 0.1) is 6.10 Å². The Balaban J connectivity index is 1.42. The van der Waals surface area contributed by atoms with Crippen LogP contribution in [0, 0.1) is 47.3 Å². The lowest BCUT2D eigenvalue weighted by Gasteiger charge is -2.35. The summed E-state index contributed by atoms with van der Waals surface area (Å²) in [4.78, 5) is 0. The predicted molar refractivity (Wildman–Crippen MR) is 73.0 cm³/mol. The molecule has 4 fully saturated rings. The Morgan fingerprint density at radius 3 is 2.11 bits per heavy atom. The quantitative estimate of drug-likeness (QED) is 0.790. The van der Waals surface area contributed by atoms with Crippen LogP contribution in [0.3, 0.4) is 0 Å². The lowest BCUT2D eigenvalue weighted by molar-refractivity contribution is 0.0290. The van der Waals surface area contributed by atoms with Crippen LogP contribution in [0.5, 0.6) is 0 Å². The molecule has 2 bridgehead atoms. The first-order chi connectivity index (χ1) is 8.66. The van der Waals surface area contributed by atoms with Crippen molar-refractivity contribution in [3.63, 3.8) is 0 Å². The van der Waals surface area contributed by atoms with Gasteiger partial charge in [0.25, 0.3) is 0 Å². The van der Waals surface area contributed by atoms with Gasteiger partial charge in [0.1, 0.15) is 0 Å². The third-order valence-electron chi connectivity index (χ3n) is 7.31. The highest BCUT2D eigenvalue weighted by atomic mass is 16.3. The molecule has 0 amide bonds. The molecule has 4 rings (SSSR count). The van der Waals surface area contributed by atoms with Crippen LogP contribution in [0.25, 0.3) is 0 Å². The van der Waals surface area contributed by atoms with Crippen molar-refractivity contribution in [2.45, 2.75) is 58.5 Å². The molecule has 0 saturated heterocycles. The van der Waals surface area contributed by atoms with Gasteiger partial charge in [-0.15, -0.1) is 0 Å². The van der Waals surface area contributed by atoms with Crippen molar-refractivity contribution in [2.75, 3.05) is 0 Å². The Labute approximate surface area is 111 Å². The van der Waals surface area contributed by atoms with Gasteiger partial charge < -0.3 is 5.11 Å². The van der Waals surface area contributed by atoms with Gasteiger partial charge in [-0.25, -0.2) is 0 Å². The fraction of sp³-hybridized carbons (Fsp3) is 1.00. The summed E-state index contributed by atoms with van der Waals surface area (Å²) in [6.07, 6.45) is 8.44. The smallest absolute Gasteiger partial charge is 0.0602 e. The van der Waals surface area contributed by atoms with Crippen molar-refractivity contribution in [3.05, 3.63) is 0 Å². The molecule has 4 aliphatic carbocycles. The molecule has 1 N–H and O–H groups in total. The van der Waals surface area contributed by atoms with E-state index in [9.17, 15) is 5.11 Å². The van der Waals surface area contributed by atoms with E-state index in [0.717, 1.165) is 41.4 Å². The molecule has 0 aromatic carbocycles. The summed E-state index contributed by atoms with van der Waals surface area (Å²) >= 11 is 0. The third-order valence-corrected chi connectivity index (χ3v) is 7.31. The van der Waals surface area contributed by atoms with E-state index in [4.69, 9.17) is 0 Å². The maximum atomic E-state index is 10.8. The molecule has 0 heterocycles. The van der Waals surface area contributed by atoms with Crippen molar-refractivity contribution in [1.82, 2.24) is 0 Å². The molecule has 0 spiro atoms. The standard InChI is InChI=1S/C17H28O/c1-9-3-4-13(7-10(9)2)17(18)16-14-11-5-6-12(8-11)15(14)16/h9-18H,3-8H2,1-2H3. The van der Waals surface area contributed by atoms with Gasteiger partial charge in [-0.05, 0) is 79.4 Å². The third kappa shape index (κ3) is 1.55. The Morgan fingerprint density at radius 1 is 0.833 bits per heavy atom. The van der Waals surface area contributed by atoms with Gasteiger partial charge in [0.2, 0.25) is 0 Å². The van der Waals surface area contributed by atoms with Crippen LogP contribution in [0.4, 0.5) is 0 Å². The fourth-order valence-electron chi connectivity index (χ4n) is 6.06. The minimum Gasteiger partial charge on any atom is -0.393 e. The fourth-order valence-corrected chi connectivity index (χ4v) is 6.06. The van der Waals surface area contributed by atoms with Crippen LogP contribution in [-0.2, 0) is 0 Å². The zero-order valence-electron chi connectivity index (χ0n) is 11.9. The lowest BCUT2D eigenvalue weighted by atomic mass is 9.72. The van der Waals surface area contributed by atoms with E-state index in [1.165, 1.54) is 38.5 Å². The van der Waals surface area contributed by atoms with E-state index in [-0.39, 0.29) is 6.10 Å². The molecule has 1 nitrogen and oxygen atoms in total. The second-order valence-corrected chi connectivity index (χ2v) is 8.08. The van der Waals surface area contributed by atoms with Gasteiger partial charge in [-0.3, -0.25) is 0 Å². The molecule has 0 aromatic rings. The van der Waals surface area contributed by atoms with Crippen molar-refractivity contribution < 1.29 is 5.11 Å². The Morgan fingerprint density at radius 2 is 1.50 bits per heavy atom. The van der Waals surface area contributed by atoms with E-state index in [2.05, 4.69) is 13.8 Å². The number of hydrogen-bond acceptors (Lipinski definition) is 1. The summed E-state index contributed by atoms with van der Waals surface area (Å²) in [7, 11) is 0. The van der Waals surface area contributed by atoms with E-state index in [1.54, 1.807) is 0 Å². The highest BCUT2D eigenvalue weighted by molar-refractivity contribution is 5.15. The van der Waals surface area contributed by atoms with Gasteiger partial charge in [0, 0.05) is 0 Å². The van der Waals surface area contributed by atoms with Crippen LogP contribution in [0.2, 0.25) is 0 Å². The normalized spacial score (nSPS) is 59.5. The first kappa shape index (κ1) is 11.8. The minimum atomic E-state index is 0.0540. The summed E-state index contributed by atoms with van der Waals surface area (Å²) in [6.45, 7) is 4.78. The SMILES string of the molecule is CC1CCC(C(O)C2C3C4CCC(C4)C32)CC1C. The van der Waals surface area contributed by atoms with Crippen LogP contribution in [0.1, 0.15) is 52.4 Å². The molecule has 4 saturated carbocycles. The molecule has 4 aliphatic rings. The zero-order chi connectivity index (χ0) is 12.4. The number of aliphatic hydroxyl groups excluding tert-OH is 1. The van der Waals surface area contributed by atoms with Crippen molar-refractivity contribution in [2.24, 2.45) is 47.3 Å². The molecule has 0 aromatic heterocycles. The summed E-state index contributed by atoms with van der Waals surface area (Å²) in [5.74, 6) is 6.99. The van der Waals surface area contributed by atoms with Gasteiger partial charge in [-0.1, -0.05) is 20.3 Å². The van der Waals surface area contributed by atoms with Crippen LogP contribution < -0.4 is 0 Å². The Kier molecular flexibility index (Phi) is 2.60. The van der Waals surface area contributed by atoms with Crippen molar-refractivity contribution in [1.29, 1.82) is 0 Å². The van der Waals surface area contributed by atoms with E-state index < -0.39 is 0 Å². The average molecular weight is 248 g/mol. The molecule has 1 heteroatoms. The highest BCUT2D eigenvalue weighted by Crippen LogP contribution is 2.71. The Hall–Kier alpha value is -0.0400. The van der Waals surface area contributed by atoms with E-state index in [0.29, 0.717) is 5.92 Å². The van der Waals surface area contributed by atoms with Gasteiger partial charge in [0.15, 0.2) is 0 Å². The monoisotopic (exact) mass is 248 g/mol. The second kappa shape index (κ2) is 3.98. The maximum Gasteiger partial charge on any atom is 0.0602 e. The molecular weight excluding hydrogens is 220 g/mol. The van der Waals surface area contributed by atoms with Crippen LogP contribution in [-0.4, -0.2) is 11.2 Å². The molecule has 8 atom stereocenters. The van der Waals surface area contributed by atoms with Crippen LogP contribution in [0.15, 0.2) is 0 Å². The minimum absolute atomic E-state index is 0.0540. The van der Waals surface area contributed by atoms with Crippen LogP contribution >= 0.6 is 0 Å². The summed E-state index contributed by atoms with van der Waals surface area (Å²) < 4.78 is 0. The summed E-state index contributed by atoms with van der Waals surface area (Å²) in [6, 6.07) is 0. The molecule has 0 aliphatic heterocycles. The zero-order valence-corrected chi connectivity index (χ0v) is 11.9. The average Bonchev–Trinajstić information content (AvgIpc) is 2.80. The summed E-state index contributed by atoms with van der Waals surface area (Å²) in [5.41, 5.74) is 0. The van der Waals surface area contributed by atoms with Crippen molar-refractivity contribution >= 4 is 0 Å². The molecule has 18 heavy (non-hydrogen) atoms. The van der Waals surface area contributed by atoms with Crippen molar-refractivity contribution in [3.8, 4) is 0 Å². The van der Waals surface area contributed by atoms with E-state index >= 15 is 0 Å². The number of aliphatic hydroxyl groups is 1. The largest absolute Gasteiger partial charge is 0.393 e.